The van der Waals surface area contributed by atoms with E-state index in [0.29, 0.717) is 0 Å². The minimum absolute atomic E-state index is 0.720. The lowest BCUT2D eigenvalue weighted by Gasteiger charge is -1.89. The normalized spacial score (nSPS) is 10.7. The number of halogens is 2. The molecule has 0 bridgehead atoms. The average Bonchev–Trinajstić information content (AvgIpc) is 2.31. The largest absolute Gasteiger partial charge is 0.347 e. The first-order valence-corrected chi connectivity index (χ1v) is 4.52. The van der Waals surface area contributed by atoms with Gasteiger partial charge in [-0.1, -0.05) is 11.6 Å². The van der Waals surface area contributed by atoms with E-state index >= 15 is 0 Å². The molecule has 0 aromatic carbocycles. The van der Waals surface area contributed by atoms with Crippen LogP contribution in [0.2, 0.25) is 5.02 Å². The molecule has 11 heavy (non-hydrogen) atoms. The zero-order valence-corrected chi connectivity index (χ0v) is 8.35. The highest BCUT2D eigenvalue weighted by atomic mass is 127. The molecule has 4 heteroatoms. The van der Waals surface area contributed by atoms with Crippen molar-refractivity contribution in [1.29, 1.82) is 0 Å². The van der Waals surface area contributed by atoms with Crippen LogP contribution in [0.1, 0.15) is 0 Å². The summed E-state index contributed by atoms with van der Waals surface area (Å²) in [6, 6.07) is 3.73. The predicted molar refractivity (Wildman–Crippen MR) is 53.8 cm³/mol. The van der Waals surface area contributed by atoms with Crippen molar-refractivity contribution in [3.05, 3.63) is 27.1 Å². The van der Waals surface area contributed by atoms with E-state index in [2.05, 4.69) is 32.6 Å². The topological polar surface area (TPSA) is 28.7 Å². The molecule has 0 spiro atoms. The second-order valence-corrected chi connectivity index (χ2v) is 3.74. The van der Waals surface area contributed by atoms with E-state index in [1.54, 1.807) is 12.3 Å². The van der Waals surface area contributed by atoms with Gasteiger partial charge in [-0.3, -0.25) is 4.98 Å². The van der Waals surface area contributed by atoms with Crippen LogP contribution >= 0.6 is 34.2 Å². The fourth-order valence-corrected chi connectivity index (χ4v) is 1.73. The van der Waals surface area contributed by atoms with Gasteiger partial charge in [0.1, 0.15) is 0 Å². The van der Waals surface area contributed by atoms with Crippen molar-refractivity contribution in [1.82, 2.24) is 9.97 Å². The minimum Gasteiger partial charge on any atom is -0.347 e. The quantitative estimate of drug-likeness (QED) is 0.738. The van der Waals surface area contributed by atoms with E-state index in [1.165, 1.54) is 0 Å². The van der Waals surface area contributed by atoms with E-state index < -0.39 is 0 Å². The van der Waals surface area contributed by atoms with Crippen molar-refractivity contribution in [3.8, 4) is 0 Å². The van der Waals surface area contributed by atoms with Crippen LogP contribution in [-0.2, 0) is 0 Å². The highest BCUT2D eigenvalue weighted by molar-refractivity contribution is 14.1. The minimum atomic E-state index is 0.720. The van der Waals surface area contributed by atoms with Gasteiger partial charge in [0.05, 0.1) is 19.8 Å². The SMILES string of the molecule is Clc1ccnc2cc(I)[nH]c12. The molecule has 0 amide bonds. The molecular weight excluding hydrogens is 274 g/mol. The van der Waals surface area contributed by atoms with Gasteiger partial charge in [0.15, 0.2) is 0 Å². The Labute approximate surface area is 82.1 Å². The first-order valence-electron chi connectivity index (χ1n) is 3.06. The van der Waals surface area contributed by atoms with Gasteiger partial charge in [0.25, 0.3) is 0 Å². The van der Waals surface area contributed by atoms with E-state index in [0.717, 1.165) is 19.8 Å². The molecule has 0 saturated carbocycles. The second-order valence-electron chi connectivity index (χ2n) is 2.17. The number of hydrogen-bond acceptors (Lipinski definition) is 1. The van der Waals surface area contributed by atoms with Gasteiger partial charge < -0.3 is 4.98 Å². The van der Waals surface area contributed by atoms with Crippen LogP contribution in [0.5, 0.6) is 0 Å². The van der Waals surface area contributed by atoms with Gasteiger partial charge in [-0.25, -0.2) is 0 Å². The molecule has 56 valence electrons. The Hall–Kier alpha value is -0.290. The first kappa shape index (κ1) is 7.36. The van der Waals surface area contributed by atoms with E-state index in [-0.39, 0.29) is 0 Å². The smallest absolute Gasteiger partial charge is 0.0905 e. The maximum absolute atomic E-state index is 5.90. The van der Waals surface area contributed by atoms with Crippen molar-refractivity contribution < 1.29 is 0 Å². The summed E-state index contributed by atoms with van der Waals surface area (Å²) in [6.07, 6.45) is 1.70. The fourth-order valence-electron chi connectivity index (χ4n) is 0.962. The number of nitrogens with one attached hydrogen (secondary N) is 1. The number of fused-ring (bicyclic) bond motifs is 1. The molecule has 0 radical (unpaired) electrons. The standard InChI is InChI=1S/C7H4ClIN2/c8-4-1-2-10-5-3-6(9)11-7(4)5/h1-3,11H. The zero-order chi connectivity index (χ0) is 7.84. The molecule has 2 heterocycles. The molecule has 0 aliphatic carbocycles. The molecule has 1 N–H and O–H groups in total. The van der Waals surface area contributed by atoms with Crippen LogP contribution in [0, 0.1) is 3.70 Å². The van der Waals surface area contributed by atoms with Crippen molar-refractivity contribution >= 4 is 45.2 Å². The lowest BCUT2D eigenvalue weighted by atomic mass is 10.4. The van der Waals surface area contributed by atoms with E-state index in [4.69, 9.17) is 11.6 Å². The van der Waals surface area contributed by atoms with Gasteiger partial charge in [0, 0.05) is 6.20 Å². The zero-order valence-electron chi connectivity index (χ0n) is 5.44. The number of hydrogen-bond donors (Lipinski definition) is 1. The monoisotopic (exact) mass is 278 g/mol. The Morgan fingerprint density at radius 1 is 1.55 bits per heavy atom. The highest BCUT2D eigenvalue weighted by Crippen LogP contribution is 2.21. The molecule has 0 aliphatic heterocycles. The predicted octanol–water partition coefficient (Wildman–Crippen LogP) is 2.82. The summed E-state index contributed by atoms with van der Waals surface area (Å²) in [6.45, 7) is 0. The van der Waals surface area contributed by atoms with Gasteiger partial charge in [-0.05, 0) is 34.7 Å². The molecule has 0 unspecified atom stereocenters. The molecule has 0 aliphatic rings. The maximum atomic E-state index is 5.90. The van der Waals surface area contributed by atoms with Crippen molar-refractivity contribution in [3.63, 3.8) is 0 Å². The summed E-state index contributed by atoms with van der Waals surface area (Å²) in [4.78, 5) is 7.26. The van der Waals surface area contributed by atoms with Crippen LogP contribution in [0.25, 0.3) is 11.0 Å². The molecule has 2 nitrogen and oxygen atoms in total. The Morgan fingerprint density at radius 2 is 2.36 bits per heavy atom. The van der Waals surface area contributed by atoms with Crippen LogP contribution in [0.3, 0.4) is 0 Å². The molecule has 0 saturated heterocycles. The molecule has 2 aromatic heterocycles. The van der Waals surface area contributed by atoms with E-state index in [1.807, 2.05) is 6.07 Å². The summed E-state index contributed by atoms with van der Waals surface area (Å²) in [5, 5.41) is 0.720. The van der Waals surface area contributed by atoms with Crippen LogP contribution in [0.4, 0.5) is 0 Å². The van der Waals surface area contributed by atoms with Gasteiger partial charge >= 0.3 is 0 Å². The lowest BCUT2D eigenvalue weighted by molar-refractivity contribution is 1.39. The lowest BCUT2D eigenvalue weighted by Crippen LogP contribution is -1.73. The molecule has 0 atom stereocenters. The average molecular weight is 278 g/mol. The van der Waals surface area contributed by atoms with Crippen molar-refractivity contribution in [2.24, 2.45) is 0 Å². The maximum Gasteiger partial charge on any atom is 0.0905 e. The summed E-state index contributed by atoms with van der Waals surface area (Å²) in [7, 11) is 0. The van der Waals surface area contributed by atoms with Gasteiger partial charge in [-0.15, -0.1) is 0 Å². The van der Waals surface area contributed by atoms with Crippen LogP contribution in [0.15, 0.2) is 18.3 Å². The molecular formula is C7H4ClIN2. The third kappa shape index (κ3) is 1.22. The summed E-state index contributed by atoms with van der Waals surface area (Å²) in [5.41, 5.74) is 1.83. The molecule has 0 fully saturated rings. The second kappa shape index (κ2) is 2.64. The van der Waals surface area contributed by atoms with Crippen molar-refractivity contribution in [2.75, 3.05) is 0 Å². The van der Waals surface area contributed by atoms with Crippen LogP contribution in [-0.4, -0.2) is 9.97 Å². The van der Waals surface area contributed by atoms with Crippen LogP contribution < -0.4 is 0 Å². The Kier molecular flexibility index (Phi) is 1.77. The number of H-pyrrole nitrogens is 1. The third-order valence-electron chi connectivity index (χ3n) is 1.44. The third-order valence-corrected chi connectivity index (χ3v) is 2.33. The summed E-state index contributed by atoms with van der Waals surface area (Å²) in [5.74, 6) is 0. The van der Waals surface area contributed by atoms with Gasteiger partial charge in [0.2, 0.25) is 0 Å². The Bertz CT molecular complexity index is 396. The summed E-state index contributed by atoms with van der Waals surface area (Å²) < 4.78 is 1.05. The summed E-state index contributed by atoms with van der Waals surface area (Å²) >= 11 is 8.09. The first-order chi connectivity index (χ1) is 5.27. The number of pyridine rings is 1. The number of aromatic amines is 1. The highest BCUT2D eigenvalue weighted by Gasteiger charge is 2.01. The van der Waals surface area contributed by atoms with Gasteiger partial charge in [-0.2, -0.15) is 0 Å². The Morgan fingerprint density at radius 3 is 3.09 bits per heavy atom. The fraction of sp³-hybridized carbons (Fsp3) is 0. The Balaban J connectivity index is 2.90. The number of rotatable bonds is 0. The van der Waals surface area contributed by atoms with E-state index in [9.17, 15) is 0 Å². The number of aromatic nitrogens is 2. The van der Waals surface area contributed by atoms with Crippen molar-refractivity contribution in [2.45, 2.75) is 0 Å². The molecule has 2 aromatic rings. The molecule has 2 rings (SSSR count). The number of nitrogens with zero attached hydrogens (tertiary/aromatic N) is 1.